The van der Waals surface area contributed by atoms with Crippen molar-refractivity contribution in [3.63, 3.8) is 0 Å². The van der Waals surface area contributed by atoms with Crippen molar-refractivity contribution in [2.24, 2.45) is 0 Å². The summed E-state index contributed by atoms with van der Waals surface area (Å²) < 4.78 is 39.1. The first kappa shape index (κ1) is 13.6. The van der Waals surface area contributed by atoms with E-state index < -0.39 is 11.9 Å². The molecule has 2 heterocycles. The Kier molecular flexibility index (Phi) is 3.61. The molecule has 0 bridgehead atoms. The van der Waals surface area contributed by atoms with Crippen molar-refractivity contribution in [2.75, 3.05) is 32.5 Å². The summed E-state index contributed by atoms with van der Waals surface area (Å²) in [6.07, 6.45) is -0.622. The van der Waals surface area contributed by atoms with Crippen LogP contribution in [0, 0.1) is 0 Å². The predicted molar refractivity (Wildman–Crippen MR) is 65.0 cm³/mol. The minimum Gasteiger partial charge on any atom is -0.366 e. The lowest BCUT2D eigenvalue weighted by Gasteiger charge is -2.10. The number of alkyl halides is 3. The van der Waals surface area contributed by atoms with Gasteiger partial charge in [-0.2, -0.15) is 13.2 Å². The number of halogens is 3. The smallest absolute Gasteiger partial charge is 0.366 e. The van der Waals surface area contributed by atoms with Crippen LogP contribution in [0.2, 0.25) is 0 Å². The Balaban J connectivity index is 2.27. The fourth-order valence-electron chi connectivity index (χ4n) is 1.58. The Morgan fingerprint density at radius 1 is 1.37 bits per heavy atom. The third kappa shape index (κ3) is 3.14. The molecule has 0 aliphatic heterocycles. The summed E-state index contributed by atoms with van der Waals surface area (Å²) in [5.74, 6) is 0.347. The maximum Gasteiger partial charge on any atom is 0.434 e. The highest BCUT2D eigenvalue weighted by Crippen LogP contribution is 2.29. The fourth-order valence-corrected chi connectivity index (χ4v) is 1.58. The number of hydrogen-bond donors (Lipinski definition) is 1. The van der Waals surface area contributed by atoms with E-state index in [1.165, 1.54) is 16.8 Å². The molecular weight excluding hydrogens is 259 g/mol. The highest BCUT2D eigenvalue weighted by atomic mass is 19.4. The molecule has 2 aromatic rings. The van der Waals surface area contributed by atoms with Crippen molar-refractivity contribution in [1.82, 2.24) is 19.3 Å². The molecule has 0 atom stereocenters. The predicted octanol–water partition coefficient (Wildman–Crippen LogP) is 1.72. The summed E-state index contributed by atoms with van der Waals surface area (Å²) in [7, 11) is 3.82. The van der Waals surface area contributed by atoms with Gasteiger partial charge in [0, 0.05) is 31.7 Å². The van der Waals surface area contributed by atoms with Crippen molar-refractivity contribution in [3.05, 3.63) is 24.3 Å². The Morgan fingerprint density at radius 3 is 2.74 bits per heavy atom. The number of rotatable bonds is 4. The van der Waals surface area contributed by atoms with E-state index in [1.54, 1.807) is 0 Å². The molecule has 0 fully saturated rings. The van der Waals surface area contributed by atoms with E-state index in [-0.39, 0.29) is 5.65 Å². The summed E-state index contributed by atoms with van der Waals surface area (Å²) >= 11 is 0. The van der Waals surface area contributed by atoms with Crippen LogP contribution in [-0.4, -0.2) is 46.5 Å². The SMILES string of the molecule is CN(C)CCNc1nccn2cc(C(F)(F)F)nc12. The van der Waals surface area contributed by atoms with Gasteiger partial charge in [-0.25, -0.2) is 9.97 Å². The van der Waals surface area contributed by atoms with Gasteiger partial charge in [-0.3, -0.25) is 0 Å². The number of anilines is 1. The third-order valence-corrected chi connectivity index (χ3v) is 2.52. The molecular formula is C11H14F3N5. The average molecular weight is 273 g/mol. The first-order valence-corrected chi connectivity index (χ1v) is 5.67. The van der Waals surface area contributed by atoms with Crippen LogP contribution in [0.25, 0.3) is 5.65 Å². The number of likely N-dealkylation sites (N-methyl/N-ethyl adjacent to an activating group) is 1. The van der Waals surface area contributed by atoms with E-state index in [2.05, 4.69) is 15.3 Å². The summed E-state index contributed by atoms with van der Waals surface area (Å²) in [5, 5.41) is 2.98. The molecule has 2 aromatic heterocycles. The summed E-state index contributed by atoms with van der Waals surface area (Å²) in [6.45, 7) is 1.32. The zero-order chi connectivity index (χ0) is 14.0. The average Bonchev–Trinajstić information content (AvgIpc) is 2.72. The molecule has 0 aliphatic carbocycles. The standard InChI is InChI=1S/C11H14F3N5/c1-18(2)5-3-15-9-10-17-8(11(12,13)14)7-19(10)6-4-16-9/h4,6-7H,3,5H2,1-2H3,(H,15,16). The van der Waals surface area contributed by atoms with Gasteiger partial charge in [-0.05, 0) is 14.1 Å². The minimum absolute atomic E-state index is 0.175. The van der Waals surface area contributed by atoms with Crippen molar-refractivity contribution in [2.45, 2.75) is 6.18 Å². The summed E-state index contributed by atoms with van der Waals surface area (Å²) in [5.41, 5.74) is -0.746. The summed E-state index contributed by atoms with van der Waals surface area (Å²) in [4.78, 5) is 9.56. The molecule has 1 N–H and O–H groups in total. The van der Waals surface area contributed by atoms with Crippen LogP contribution in [0.15, 0.2) is 18.6 Å². The van der Waals surface area contributed by atoms with Gasteiger partial charge in [0.2, 0.25) is 0 Å². The minimum atomic E-state index is -4.45. The number of imidazole rings is 1. The first-order valence-electron chi connectivity index (χ1n) is 5.67. The van der Waals surface area contributed by atoms with E-state index in [0.29, 0.717) is 12.4 Å². The second-order valence-corrected chi connectivity index (χ2v) is 4.36. The zero-order valence-electron chi connectivity index (χ0n) is 10.6. The van der Waals surface area contributed by atoms with Crippen molar-refractivity contribution in [1.29, 1.82) is 0 Å². The van der Waals surface area contributed by atoms with Crippen molar-refractivity contribution in [3.8, 4) is 0 Å². The van der Waals surface area contributed by atoms with Gasteiger partial charge in [0.05, 0.1) is 0 Å². The molecule has 5 nitrogen and oxygen atoms in total. The fraction of sp³-hybridized carbons (Fsp3) is 0.455. The maximum atomic E-state index is 12.6. The van der Waals surface area contributed by atoms with E-state index in [1.807, 2.05) is 19.0 Å². The Labute approximate surface area is 108 Å². The molecule has 0 radical (unpaired) electrons. The van der Waals surface area contributed by atoms with Crippen molar-refractivity contribution < 1.29 is 13.2 Å². The number of aromatic nitrogens is 3. The Hall–Kier alpha value is -1.83. The molecule has 104 valence electrons. The van der Waals surface area contributed by atoms with Crippen LogP contribution in [0.1, 0.15) is 5.69 Å². The molecule has 0 saturated heterocycles. The number of nitrogens with zero attached hydrogens (tertiary/aromatic N) is 4. The largest absolute Gasteiger partial charge is 0.434 e. The van der Waals surface area contributed by atoms with Crippen molar-refractivity contribution >= 4 is 11.5 Å². The molecule has 0 unspecified atom stereocenters. The van der Waals surface area contributed by atoms with E-state index in [0.717, 1.165) is 12.7 Å². The van der Waals surface area contributed by atoms with Crippen LogP contribution in [0.4, 0.5) is 19.0 Å². The van der Waals surface area contributed by atoms with Gasteiger partial charge in [0.1, 0.15) is 0 Å². The molecule has 0 aromatic carbocycles. The van der Waals surface area contributed by atoms with Crippen LogP contribution < -0.4 is 5.32 Å². The molecule has 0 spiro atoms. The van der Waals surface area contributed by atoms with E-state index >= 15 is 0 Å². The highest BCUT2D eigenvalue weighted by Gasteiger charge is 2.34. The van der Waals surface area contributed by atoms with Gasteiger partial charge >= 0.3 is 6.18 Å². The third-order valence-electron chi connectivity index (χ3n) is 2.52. The second-order valence-electron chi connectivity index (χ2n) is 4.36. The van der Waals surface area contributed by atoms with Crippen LogP contribution in [0.3, 0.4) is 0 Å². The monoisotopic (exact) mass is 273 g/mol. The Morgan fingerprint density at radius 2 is 2.11 bits per heavy atom. The molecule has 19 heavy (non-hydrogen) atoms. The molecule has 0 aliphatic rings. The van der Waals surface area contributed by atoms with Gasteiger partial charge in [0.15, 0.2) is 17.2 Å². The lowest BCUT2D eigenvalue weighted by atomic mass is 10.5. The molecule has 0 saturated carbocycles. The number of fused-ring (bicyclic) bond motifs is 1. The summed E-state index contributed by atoms with van der Waals surface area (Å²) in [6, 6.07) is 0. The highest BCUT2D eigenvalue weighted by molar-refractivity contribution is 5.63. The van der Waals surface area contributed by atoms with E-state index in [4.69, 9.17) is 0 Å². The Bertz CT molecular complexity index is 561. The molecule has 0 amide bonds. The van der Waals surface area contributed by atoms with Crippen LogP contribution in [0.5, 0.6) is 0 Å². The molecule has 8 heteroatoms. The first-order chi connectivity index (χ1) is 8.88. The number of hydrogen-bond acceptors (Lipinski definition) is 4. The topological polar surface area (TPSA) is 45.5 Å². The molecule has 2 rings (SSSR count). The van der Waals surface area contributed by atoms with Gasteiger partial charge in [-0.1, -0.05) is 0 Å². The van der Waals surface area contributed by atoms with Crippen LogP contribution >= 0.6 is 0 Å². The van der Waals surface area contributed by atoms with Gasteiger partial charge in [0.25, 0.3) is 0 Å². The van der Waals surface area contributed by atoms with Gasteiger partial charge in [-0.15, -0.1) is 0 Å². The normalized spacial score (nSPS) is 12.3. The van der Waals surface area contributed by atoms with Crippen LogP contribution in [-0.2, 0) is 6.18 Å². The van der Waals surface area contributed by atoms with E-state index in [9.17, 15) is 13.2 Å². The number of nitrogens with one attached hydrogen (secondary N) is 1. The maximum absolute atomic E-state index is 12.6. The van der Waals surface area contributed by atoms with Gasteiger partial charge < -0.3 is 14.6 Å². The second kappa shape index (κ2) is 5.04. The quantitative estimate of drug-likeness (QED) is 0.921. The zero-order valence-corrected chi connectivity index (χ0v) is 10.6. The lowest BCUT2D eigenvalue weighted by Crippen LogP contribution is -2.21. The lowest BCUT2D eigenvalue weighted by molar-refractivity contribution is -0.140.